The van der Waals surface area contributed by atoms with Gasteiger partial charge >= 0.3 is 0 Å². The van der Waals surface area contributed by atoms with Gasteiger partial charge in [0.15, 0.2) is 0 Å². The normalized spacial score (nSPS) is 14.5. The second-order valence-electron chi connectivity index (χ2n) is 4.99. The van der Waals surface area contributed by atoms with E-state index < -0.39 is 0 Å². The Kier molecular flexibility index (Phi) is 6.17. The lowest BCUT2D eigenvalue weighted by molar-refractivity contribution is -0.132. The average molecular weight is 317 g/mol. The minimum absolute atomic E-state index is 0. The maximum absolute atomic E-state index is 12.3. The van der Waals surface area contributed by atoms with Gasteiger partial charge in [0.05, 0.1) is 12.2 Å². The van der Waals surface area contributed by atoms with Gasteiger partial charge in [-0.1, -0.05) is 5.16 Å². The fourth-order valence-electron chi connectivity index (χ4n) is 2.27. The zero-order valence-corrected chi connectivity index (χ0v) is 13.3. The molecular formula is C13H21ClN4O3. The largest absolute Gasteiger partial charge is 0.361 e. The third-order valence-electron chi connectivity index (χ3n) is 3.44. The number of piperazine rings is 1. The number of likely N-dealkylation sites (N-methyl/N-ethyl adjacent to an activating group) is 1. The van der Waals surface area contributed by atoms with Crippen molar-refractivity contribution in [2.24, 2.45) is 0 Å². The van der Waals surface area contributed by atoms with E-state index in [2.05, 4.69) is 10.5 Å². The molecule has 0 radical (unpaired) electrons. The summed E-state index contributed by atoms with van der Waals surface area (Å²) < 4.78 is 4.99. The molecule has 1 N–H and O–H groups in total. The zero-order valence-electron chi connectivity index (χ0n) is 12.5. The molecule has 8 heteroatoms. The Hall–Kier alpha value is -1.60. The Morgan fingerprint density at radius 3 is 2.48 bits per heavy atom. The molecule has 0 saturated carbocycles. The lowest BCUT2D eigenvalue weighted by atomic mass is 10.2. The topological polar surface area (TPSA) is 78.7 Å². The minimum atomic E-state index is -0.232. The highest BCUT2D eigenvalue weighted by molar-refractivity contribution is 5.97. The number of aryl methyl sites for hydroxylation is 2. The van der Waals surface area contributed by atoms with Crippen LogP contribution in [0.25, 0.3) is 0 Å². The van der Waals surface area contributed by atoms with Gasteiger partial charge < -0.3 is 19.6 Å². The van der Waals surface area contributed by atoms with Crippen molar-refractivity contribution in [3.8, 4) is 0 Å². The van der Waals surface area contributed by atoms with E-state index in [0.29, 0.717) is 30.1 Å². The first-order valence-corrected chi connectivity index (χ1v) is 6.67. The SMILES string of the molecule is Cc1noc(C)c1C(=O)N(C)CC(=O)N1CCNCC1.Cl. The van der Waals surface area contributed by atoms with E-state index in [1.807, 2.05) is 0 Å². The number of amides is 2. The Bertz CT molecular complexity index is 492. The highest BCUT2D eigenvalue weighted by atomic mass is 35.5. The fraction of sp³-hybridized carbons (Fsp3) is 0.615. The number of carbonyl (C=O) groups is 2. The van der Waals surface area contributed by atoms with Gasteiger partial charge in [-0.25, -0.2) is 0 Å². The summed E-state index contributed by atoms with van der Waals surface area (Å²) in [7, 11) is 1.62. The van der Waals surface area contributed by atoms with Gasteiger partial charge in [-0.05, 0) is 13.8 Å². The summed E-state index contributed by atoms with van der Waals surface area (Å²) in [5.41, 5.74) is 0.995. The molecule has 2 heterocycles. The van der Waals surface area contributed by atoms with Crippen molar-refractivity contribution < 1.29 is 14.1 Å². The summed E-state index contributed by atoms with van der Waals surface area (Å²) in [5.74, 6) is 0.216. The maximum Gasteiger partial charge on any atom is 0.259 e. The molecule has 0 aliphatic carbocycles. The number of halogens is 1. The smallest absolute Gasteiger partial charge is 0.259 e. The van der Waals surface area contributed by atoms with Gasteiger partial charge in [-0.2, -0.15) is 0 Å². The summed E-state index contributed by atoms with van der Waals surface area (Å²) in [6, 6.07) is 0. The van der Waals surface area contributed by atoms with Gasteiger partial charge in [0.25, 0.3) is 5.91 Å². The number of hydrogen-bond donors (Lipinski definition) is 1. The highest BCUT2D eigenvalue weighted by Crippen LogP contribution is 2.14. The van der Waals surface area contributed by atoms with E-state index in [1.54, 1.807) is 25.8 Å². The molecule has 1 fully saturated rings. The van der Waals surface area contributed by atoms with Crippen molar-refractivity contribution in [3.05, 3.63) is 17.0 Å². The first kappa shape index (κ1) is 17.5. The van der Waals surface area contributed by atoms with Crippen molar-refractivity contribution in [2.45, 2.75) is 13.8 Å². The van der Waals surface area contributed by atoms with Crippen LogP contribution in [0.5, 0.6) is 0 Å². The molecule has 21 heavy (non-hydrogen) atoms. The van der Waals surface area contributed by atoms with Crippen molar-refractivity contribution in [3.63, 3.8) is 0 Å². The van der Waals surface area contributed by atoms with E-state index in [-0.39, 0.29) is 30.8 Å². The number of nitrogens with one attached hydrogen (secondary N) is 1. The molecule has 7 nitrogen and oxygen atoms in total. The van der Waals surface area contributed by atoms with Gasteiger partial charge in [0, 0.05) is 33.2 Å². The van der Waals surface area contributed by atoms with Gasteiger partial charge in [-0.3, -0.25) is 9.59 Å². The number of hydrogen-bond acceptors (Lipinski definition) is 5. The molecule has 0 spiro atoms. The van der Waals surface area contributed by atoms with E-state index in [1.165, 1.54) is 4.90 Å². The fourth-order valence-corrected chi connectivity index (χ4v) is 2.27. The summed E-state index contributed by atoms with van der Waals surface area (Å²) in [6.45, 7) is 6.46. The van der Waals surface area contributed by atoms with Crippen LogP contribution in [0.3, 0.4) is 0 Å². The molecule has 0 bridgehead atoms. The Morgan fingerprint density at radius 2 is 1.95 bits per heavy atom. The molecule has 2 rings (SSSR count). The van der Waals surface area contributed by atoms with Gasteiger partial charge in [0.1, 0.15) is 11.3 Å². The zero-order chi connectivity index (χ0) is 14.7. The van der Waals surface area contributed by atoms with Crippen LogP contribution in [-0.2, 0) is 4.79 Å². The number of rotatable bonds is 3. The summed E-state index contributed by atoms with van der Waals surface area (Å²) in [5, 5.41) is 6.95. The molecule has 118 valence electrons. The van der Waals surface area contributed by atoms with Crippen molar-refractivity contribution in [1.82, 2.24) is 20.3 Å². The van der Waals surface area contributed by atoms with Crippen LogP contribution in [0.15, 0.2) is 4.52 Å². The van der Waals surface area contributed by atoms with E-state index in [0.717, 1.165) is 13.1 Å². The van der Waals surface area contributed by atoms with Crippen LogP contribution < -0.4 is 5.32 Å². The lowest BCUT2D eigenvalue weighted by Gasteiger charge is -2.29. The standard InChI is InChI=1S/C13H20N4O3.ClH/c1-9-12(10(2)20-15-9)13(19)16(3)8-11(18)17-6-4-14-5-7-17;/h14H,4-8H2,1-3H3;1H. The Morgan fingerprint density at radius 1 is 1.33 bits per heavy atom. The minimum Gasteiger partial charge on any atom is -0.361 e. The number of nitrogens with zero attached hydrogens (tertiary/aromatic N) is 3. The molecule has 1 aromatic heterocycles. The van der Waals surface area contributed by atoms with Gasteiger partial charge in [0.2, 0.25) is 5.91 Å². The predicted octanol–water partition coefficient (Wildman–Crippen LogP) is 0.217. The van der Waals surface area contributed by atoms with Crippen LogP contribution >= 0.6 is 12.4 Å². The van der Waals surface area contributed by atoms with Crippen LogP contribution in [0.2, 0.25) is 0 Å². The highest BCUT2D eigenvalue weighted by Gasteiger charge is 2.24. The van der Waals surface area contributed by atoms with Crippen molar-refractivity contribution in [1.29, 1.82) is 0 Å². The third kappa shape index (κ3) is 3.95. The first-order chi connectivity index (χ1) is 9.50. The molecule has 1 aromatic rings. The van der Waals surface area contributed by atoms with E-state index in [4.69, 9.17) is 4.52 Å². The monoisotopic (exact) mass is 316 g/mol. The molecule has 1 aliphatic heterocycles. The molecule has 1 aliphatic rings. The summed E-state index contributed by atoms with van der Waals surface area (Å²) >= 11 is 0. The third-order valence-corrected chi connectivity index (χ3v) is 3.44. The van der Waals surface area contributed by atoms with Crippen LogP contribution in [0.4, 0.5) is 0 Å². The predicted molar refractivity (Wildman–Crippen MR) is 79.6 cm³/mol. The van der Waals surface area contributed by atoms with E-state index >= 15 is 0 Å². The lowest BCUT2D eigenvalue weighted by Crippen LogP contribution is -2.49. The quantitative estimate of drug-likeness (QED) is 0.863. The summed E-state index contributed by atoms with van der Waals surface area (Å²) in [4.78, 5) is 27.6. The number of carbonyl (C=O) groups excluding carboxylic acids is 2. The molecule has 0 aromatic carbocycles. The van der Waals surface area contributed by atoms with E-state index in [9.17, 15) is 9.59 Å². The van der Waals surface area contributed by atoms with Crippen molar-refractivity contribution >= 4 is 24.2 Å². The molecule has 0 unspecified atom stereocenters. The second-order valence-corrected chi connectivity index (χ2v) is 4.99. The molecule has 0 atom stereocenters. The Labute approximate surface area is 130 Å². The van der Waals surface area contributed by atoms with Crippen LogP contribution in [0.1, 0.15) is 21.8 Å². The van der Waals surface area contributed by atoms with Crippen LogP contribution in [-0.4, -0.2) is 66.5 Å². The summed E-state index contributed by atoms with van der Waals surface area (Å²) in [6.07, 6.45) is 0. The first-order valence-electron chi connectivity index (χ1n) is 6.67. The molecule has 2 amide bonds. The second kappa shape index (κ2) is 7.42. The maximum atomic E-state index is 12.3. The Balaban J connectivity index is 0.00000220. The molecule has 1 saturated heterocycles. The van der Waals surface area contributed by atoms with Crippen LogP contribution in [0, 0.1) is 13.8 Å². The molecular weight excluding hydrogens is 296 g/mol. The van der Waals surface area contributed by atoms with Crippen molar-refractivity contribution in [2.75, 3.05) is 39.8 Å². The number of aromatic nitrogens is 1. The average Bonchev–Trinajstić information content (AvgIpc) is 2.78. The van der Waals surface area contributed by atoms with Gasteiger partial charge in [-0.15, -0.1) is 12.4 Å².